The van der Waals surface area contributed by atoms with Gasteiger partial charge in [-0.25, -0.2) is 0 Å². The first-order valence-corrected chi connectivity index (χ1v) is 9.22. The summed E-state index contributed by atoms with van der Waals surface area (Å²) in [7, 11) is 0. The number of aliphatic hydroxyl groups is 3. The van der Waals surface area contributed by atoms with Gasteiger partial charge in [-0.05, 0) is 74.2 Å². The van der Waals surface area contributed by atoms with Crippen molar-refractivity contribution in [3.63, 3.8) is 0 Å². The van der Waals surface area contributed by atoms with E-state index in [1.807, 2.05) is 13.8 Å². The second-order valence-electron chi connectivity index (χ2n) is 9.23. The Morgan fingerprint density at radius 1 is 1.17 bits per heavy atom. The van der Waals surface area contributed by atoms with E-state index in [1.54, 1.807) is 6.08 Å². The zero-order valence-electron chi connectivity index (χ0n) is 15.6. The Morgan fingerprint density at radius 3 is 2.43 bits per heavy atom. The molecule has 2 rings (SSSR count). The molecule has 23 heavy (non-hydrogen) atoms. The van der Waals surface area contributed by atoms with Crippen LogP contribution < -0.4 is 0 Å². The highest BCUT2D eigenvalue weighted by Crippen LogP contribution is 2.62. The Hall–Kier alpha value is -0.380. The molecule has 0 aromatic rings. The van der Waals surface area contributed by atoms with Crippen molar-refractivity contribution >= 4 is 0 Å². The Bertz CT molecular complexity index is 452. The van der Waals surface area contributed by atoms with Crippen molar-refractivity contribution in [2.45, 2.75) is 84.8 Å². The minimum Gasteiger partial charge on any atom is -0.392 e. The van der Waals surface area contributed by atoms with Gasteiger partial charge in [0.15, 0.2) is 0 Å². The molecular weight excluding hydrogens is 288 g/mol. The van der Waals surface area contributed by atoms with E-state index in [2.05, 4.69) is 20.8 Å². The third-order valence-electron chi connectivity index (χ3n) is 7.16. The van der Waals surface area contributed by atoms with Crippen molar-refractivity contribution in [2.24, 2.45) is 22.7 Å². The highest BCUT2D eigenvalue weighted by Gasteiger charge is 2.58. The third kappa shape index (κ3) is 3.52. The molecule has 0 spiro atoms. The topological polar surface area (TPSA) is 60.7 Å². The van der Waals surface area contributed by atoms with Crippen LogP contribution in [0.25, 0.3) is 0 Å². The van der Waals surface area contributed by atoms with Crippen LogP contribution >= 0.6 is 0 Å². The Morgan fingerprint density at radius 2 is 1.83 bits per heavy atom. The van der Waals surface area contributed by atoms with E-state index in [4.69, 9.17) is 5.11 Å². The summed E-state index contributed by atoms with van der Waals surface area (Å²) in [6, 6.07) is 0. The smallest absolute Gasteiger partial charge is 0.0752 e. The normalized spacial score (nSPS) is 42.2. The third-order valence-corrected chi connectivity index (χ3v) is 7.16. The van der Waals surface area contributed by atoms with Gasteiger partial charge in [0, 0.05) is 0 Å². The van der Waals surface area contributed by atoms with Crippen molar-refractivity contribution in [1.82, 2.24) is 0 Å². The van der Waals surface area contributed by atoms with Crippen LogP contribution in [0.5, 0.6) is 0 Å². The standard InChI is InChI=1S/C20H36O3/c1-14(8-12-21)15(22)13-17-19(4)10-6-9-18(2,3)16(19)7-11-20(17,5)23/h8,15-17,21-23H,6-7,9-13H2,1-5H3/b14-8+/t15-,16+,17-,19+,20-/m1/s1. The summed E-state index contributed by atoms with van der Waals surface area (Å²) in [5, 5.41) is 30.7. The monoisotopic (exact) mass is 324 g/mol. The number of hydrogen-bond acceptors (Lipinski definition) is 3. The summed E-state index contributed by atoms with van der Waals surface area (Å²) in [6.07, 6.45) is 7.16. The van der Waals surface area contributed by atoms with Gasteiger partial charge in [0.25, 0.3) is 0 Å². The number of rotatable bonds is 4. The fourth-order valence-electron chi connectivity index (χ4n) is 5.84. The molecule has 5 atom stereocenters. The van der Waals surface area contributed by atoms with Gasteiger partial charge in [-0.1, -0.05) is 33.3 Å². The van der Waals surface area contributed by atoms with Crippen LogP contribution in [0.15, 0.2) is 11.6 Å². The molecule has 2 aliphatic rings. The van der Waals surface area contributed by atoms with Gasteiger partial charge >= 0.3 is 0 Å². The molecule has 3 heteroatoms. The largest absolute Gasteiger partial charge is 0.392 e. The maximum absolute atomic E-state index is 11.1. The molecule has 0 aromatic carbocycles. The molecule has 0 amide bonds. The van der Waals surface area contributed by atoms with Crippen molar-refractivity contribution < 1.29 is 15.3 Å². The predicted octanol–water partition coefficient (Wildman–Crippen LogP) is 3.67. The molecule has 3 nitrogen and oxygen atoms in total. The molecule has 3 N–H and O–H groups in total. The summed E-state index contributed by atoms with van der Waals surface area (Å²) >= 11 is 0. The van der Waals surface area contributed by atoms with E-state index in [0.717, 1.165) is 24.8 Å². The minimum atomic E-state index is -0.723. The number of hydrogen-bond donors (Lipinski definition) is 3. The van der Waals surface area contributed by atoms with E-state index < -0.39 is 11.7 Å². The van der Waals surface area contributed by atoms with Gasteiger partial charge in [0.1, 0.15) is 0 Å². The first kappa shape index (κ1) is 19.0. The molecule has 0 aliphatic heterocycles. The lowest BCUT2D eigenvalue weighted by Crippen LogP contribution is -2.58. The van der Waals surface area contributed by atoms with E-state index in [0.29, 0.717) is 17.8 Å². The van der Waals surface area contributed by atoms with Crippen molar-refractivity contribution in [3.05, 3.63) is 11.6 Å². The van der Waals surface area contributed by atoms with Crippen LogP contribution in [0.3, 0.4) is 0 Å². The van der Waals surface area contributed by atoms with E-state index in [-0.39, 0.29) is 17.9 Å². The van der Waals surface area contributed by atoms with Crippen molar-refractivity contribution in [3.8, 4) is 0 Å². The zero-order chi connectivity index (χ0) is 17.5. The van der Waals surface area contributed by atoms with E-state index >= 15 is 0 Å². The SMILES string of the molecule is C/C(=C\CO)[C@H](O)C[C@@H]1[C@@]2(C)CCCC(C)(C)[C@@H]2CC[C@@]1(C)O. The summed E-state index contributed by atoms with van der Waals surface area (Å²) in [5.41, 5.74) is 0.468. The van der Waals surface area contributed by atoms with Gasteiger partial charge in [-0.2, -0.15) is 0 Å². The molecular formula is C20H36O3. The Balaban J connectivity index is 2.31. The summed E-state index contributed by atoms with van der Waals surface area (Å²) in [5.74, 6) is 0.689. The zero-order valence-corrected chi connectivity index (χ0v) is 15.6. The van der Waals surface area contributed by atoms with Crippen LogP contribution in [0.4, 0.5) is 0 Å². The quantitative estimate of drug-likeness (QED) is 0.692. The van der Waals surface area contributed by atoms with Crippen LogP contribution in [-0.2, 0) is 0 Å². The lowest BCUT2D eigenvalue weighted by atomic mass is 9.45. The molecule has 0 heterocycles. The molecule has 2 aliphatic carbocycles. The second-order valence-corrected chi connectivity index (χ2v) is 9.23. The lowest BCUT2D eigenvalue weighted by Gasteiger charge is -2.61. The first-order valence-electron chi connectivity index (χ1n) is 9.22. The number of aliphatic hydroxyl groups excluding tert-OH is 2. The molecule has 134 valence electrons. The summed E-state index contributed by atoms with van der Waals surface area (Å²) in [6.45, 7) is 10.9. The molecule has 0 bridgehead atoms. The van der Waals surface area contributed by atoms with Crippen LogP contribution in [0, 0.1) is 22.7 Å². The maximum atomic E-state index is 11.1. The van der Waals surface area contributed by atoms with E-state index in [1.165, 1.54) is 12.8 Å². The second kappa shape index (κ2) is 6.50. The highest BCUT2D eigenvalue weighted by molar-refractivity contribution is 5.11. The molecule has 2 saturated carbocycles. The first-order chi connectivity index (χ1) is 10.5. The van der Waals surface area contributed by atoms with Crippen LogP contribution in [-0.4, -0.2) is 33.6 Å². The molecule has 0 unspecified atom stereocenters. The van der Waals surface area contributed by atoms with Crippen molar-refractivity contribution in [2.75, 3.05) is 6.61 Å². The minimum absolute atomic E-state index is 0.0448. The fourth-order valence-corrected chi connectivity index (χ4v) is 5.84. The van der Waals surface area contributed by atoms with Gasteiger partial charge in [0.2, 0.25) is 0 Å². The van der Waals surface area contributed by atoms with Crippen LogP contribution in [0.2, 0.25) is 0 Å². The van der Waals surface area contributed by atoms with Crippen LogP contribution in [0.1, 0.15) is 73.1 Å². The molecule has 0 radical (unpaired) electrons. The number of fused-ring (bicyclic) bond motifs is 1. The average molecular weight is 325 g/mol. The summed E-state index contributed by atoms with van der Waals surface area (Å²) in [4.78, 5) is 0. The molecule has 2 fully saturated rings. The average Bonchev–Trinajstić information content (AvgIpc) is 2.41. The summed E-state index contributed by atoms with van der Waals surface area (Å²) < 4.78 is 0. The Labute approximate surface area is 141 Å². The van der Waals surface area contributed by atoms with Crippen molar-refractivity contribution in [1.29, 1.82) is 0 Å². The van der Waals surface area contributed by atoms with Gasteiger partial charge in [-0.15, -0.1) is 0 Å². The van der Waals surface area contributed by atoms with E-state index in [9.17, 15) is 10.2 Å². The molecule has 0 aromatic heterocycles. The molecule has 0 saturated heterocycles. The van der Waals surface area contributed by atoms with Gasteiger partial charge in [0.05, 0.1) is 18.3 Å². The lowest BCUT2D eigenvalue weighted by molar-refractivity contribution is -0.174. The van der Waals surface area contributed by atoms with Gasteiger partial charge in [-0.3, -0.25) is 0 Å². The van der Waals surface area contributed by atoms with Gasteiger partial charge < -0.3 is 15.3 Å². The fraction of sp³-hybridized carbons (Fsp3) is 0.900. The highest BCUT2D eigenvalue weighted by atomic mass is 16.3. The predicted molar refractivity (Wildman–Crippen MR) is 94.0 cm³/mol. The Kier molecular flexibility index (Phi) is 5.35. The maximum Gasteiger partial charge on any atom is 0.0752 e.